The van der Waals surface area contributed by atoms with Gasteiger partial charge in [0.05, 0.1) is 0 Å². The number of benzene rings is 1. The second-order valence-corrected chi connectivity index (χ2v) is 7.09. The topological polar surface area (TPSA) is 53.5 Å². The van der Waals surface area contributed by atoms with Crippen LogP contribution in [0.5, 0.6) is 0 Å². The first-order valence-corrected chi connectivity index (χ1v) is 8.78. The van der Waals surface area contributed by atoms with Crippen molar-refractivity contribution in [1.29, 1.82) is 0 Å². The van der Waals surface area contributed by atoms with Crippen molar-refractivity contribution < 1.29 is 9.59 Å². The number of pyridine rings is 1. The van der Waals surface area contributed by atoms with E-state index in [2.05, 4.69) is 4.98 Å². The molecule has 2 aliphatic rings. The fraction of sp³-hybridized carbons (Fsp3) is 0.250. The van der Waals surface area contributed by atoms with Crippen molar-refractivity contribution in [2.45, 2.75) is 17.9 Å². The Morgan fingerprint density at radius 1 is 1.15 bits per heavy atom. The SMILES string of the molecule is CN1C(=O)C2(CC2c2ccccc2)N(C)C(=O)C1=Cc1cccnc1Cl. The van der Waals surface area contributed by atoms with Crippen molar-refractivity contribution in [2.24, 2.45) is 0 Å². The van der Waals surface area contributed by atoms with E-state index in [0.29, 0.717) is 22.8 Å². The molecule has 1 saturated heterocycles. The molecule has 2 atom stereocenters. The highest BCUT2D eigenvalue weighted by Crippen LogP contribution is 2.58. The third kappa shape index (κ3) is 2.35. The fourth-order valence-electron chi connectivity index (χ4n) is 3.79. The van der Waals surface area contributed by atoms with Gasteiger partial charge in [-0.2, -0.15) is 0 Å². The summed E-state index contributed by atoms with van der Waals surface area (Å²) in [4.78, 5) is 33.3. The van der Waals surface area contributed by atoms with Crippen molar-refractivity contribution in [1.82, 2.24) is 14.8 Å². The minimum Gasteiger partial charge on any atom is -0.325 e. The van der Waals surface area contributed by atoms with Crippen LogP contribution in [0.15, 0.2) is 54.4 Å². The Morgan fingerprint density at radius 3 is 2.58 bits per heavy atom. The number of amides is 2. The van der Waals surface area contributed by atoms with Crippen LogP contribution in [-0.4, -0.2) is 46.2 Å². The quantitative estimate of drug-likeness (QED) is 0.605. The first-order valence-electron chi connectivity index (χ1n) is 8.40. The molecule has 2 amide bonds. The van der Waals surface area contributed by atoms with Gasteiger partial charge in [-0.05, 0) is 24.1 Å². The number of nitrogens with zero attached hydrogens (tertiary/aromatic N) is 3. The van der Waals surface area contributed by atoms with E-state index in [4.69, 9.17) is 11.6 Å². The van der Waals surface area contributed by atoms with Crippen LogP contribution in [0, 0.1) is 0 Å². The largest absolute Gasteiger partial charge is 0.325 e. The number of carbonyl (C=O) groups is 2. The molecule has 5 nitrogen and oxygen atoms in total. The highest BCUT2D eigenvalue weighted by molar-refractivity contribution is 6.31. The standard InChI is InChI=1S/C20H18ClN3O2/c1-23-16(11-14-9-6-10-22-17(14)21)18(25)24(2)20(19(23)26)12-15(20)13-7-4-3-5-8-13/h3-11,15H,12H2,1-2H3. The normalized spacial score (nSPS) is 26.7. The summed E-state index contributed by atoms with van der Waals surface area (Å²) in [5.74, 6) is -0.235. The lowest BCUT2D eigenvalue weighted by Crippen LogP contribution is -2.58. The highest BCUT2D eigenvalue weighted by atomic mass is 35.5. The summed E-state index contributed by atoms with van der Waals surface area (Å²) in [5.41, 5.74) is 1.20. The summed E-state index contributed by atoms with van der Waals surface area (Å²) in [6, 6.07) is 13.4. The van der Waals surface area contributed by atoms with Crippen LogP contribution in [0.3, 0.4) is 0 Å². The van der Waals surface area contributed by atoms with E-state index < -0.39 is 5.54 Å². The highest BCUT2D eigenvalue weighted by Gasteiger charge is 2.68. The predicted octanol–water partition coefficient (Wildman–Crippen LogP) is 2.93. The van der Waals surface area contributed by atoms with Gasteiger partial charge in [-0.25, -0.2) is 4.98 Å². The van der Waals surface area contributed by atoms with E-state index in [1.807, 2.05) is 30.3 Å². The Hall–Kier alpha value is -2.66. The van der Waals surface area contributed by atoms with E-state index in [1.165, 1.54) is 4.90 Å². The number of rotatable bonds is 2. The Morgan fingerprint density at radius 2 is 1.88 bits per heavy atom. The van der Waals surface area contributed by atoms with Gasteiger partial charge >= 0.3 is 0 Å². The molecule has 4 rings (SSSR count). The van der Waals surface area contributed by atoms with Gasteiger partial charge in [0.15, 0.2) is 0 Å². The predicted molar refractivity (Wildman–Crippen MR) is 99.3 cm³/mol. The second-order valence-electron chi connectivity index (χ2n) is 6.73. The molecule has 1 aromatic heterocycles. The fourth-order valence-corrected chi connectivity index (χ4v) is 3.96. The van der Waals surface area contributed by atoms with Crippen molar-refractivity contribution in [3.8, 4) is 0 Å². The summed E-state index contributed by atoms with van der Waals surface area (Å²) < 4.78 is 0. The van der Waals surface area contributed by atoms with Gasteiger partial charge in [-0.15, -0.1) is 0 Å². The summed E-state index contributed by atoms with van der Waals surface area (Å²) >= 11 is 6.10. The Kier molecular flexibility index (Phi) is 3.84. The minimum absolute atomic E-state index is 0.0242. The molecule has 1 spiro atoms. The van der Waals surface area contributed by atoms with E-state index in [-0.39, 0.29) is 17.7 Å². The van der Waals surface area contributed by atoms with Crippen LogP contribution in [0.4, 0.5) is 0 Å². The Bertz CT molecular complexity index is 928. The number of halogens is 1. The maximum atomic E-state index is 13.2. The molecule has 6 heteroatoms. The van der Waals surface area contributed by atoms with Gasteiger partial charge in [-0.3, -0.25) is 9.59 Å². The average Bonchev–Trinajstić information content (AvgIpc) is 3.41. The van der Waals surface area contributed by atoms with E-state index in [9.17, 15) is 9.59 Å². The molecule has 26 heavy (non-hydrogen) atoms. The zero-order chi connectivity index (χ0) is 18.5. The van der Waals surface area contributed by atoms with E-state index in [0.717, 1.165) is 5.56 Å². The van der Waals surface area contributed by atoms with Crippen LogP contribution in [-0.2, 0) is 9.59 Å². The van der Waals surface area contributed by atoms with Gasteiger partial charge in [0.2, 0.25) is 0 Å². The monoisotopic (exact) mass is 367 g/mol. The van der Waals surface area contributed by atoms with Gasteiger partial charge in [0.25, 0.3) is 11.8 Å². The maximum absolute atomic E-state index is 13.2. The summed E-state index contributed by atoms with van der Waals surface area (Å²) in [7, 11) is 3.35. The molecule has 1 aliphatic carbocycles. The van der Waals surface area contributed by atoms with Crippen LogP contribution in [0.2, 0.25) is 5.15 Å². The van der Waals surface area contributed by atoms with Crippen molar-refractivity contribution in [2.75, 3.05) is 14.1 Å². The first kappa shape index (κ1) is 16.8. The summed E-state index contributed by atoms with van der Waals surface area (Å²) in [6.45, 7) is 0. The molecule has 0 N–H and O–H groups in total. The Labute approximate surface area is 156 Å². The molecule has 1 saturated carbocycles. The molecular formula is C20H18ClN3O2. The lowest BCUT2D eigenvalue weighted by atomic mass is 10.00. The number of hydrogen-bond acceptors (Lipinski definition) is 3. The smallest absolute Gasteiger partial charge is 0.271 e. The number of carbonyl (C=O) groups excluding carboxylic acids is 2. The van der Waals surface area contributed by atoms with Crippen molar-refractivity contribution in [3.05, 3.63) is 70.6 Å². The molecule has 132 valence electrons. The zero-order valence-corrected chi connectivity index (χ0v) is 15.3. The average molecular weight is 368 g/mol. The van der Waals surface area contributed by atoms with Crippen LogP contribution in [0.1, 0.15) is 23.5 Å². The third-order valence-corrected chi connectivity index (χ3v) is 5.69. The molecule has 2 fully saturated rings. The molecule has 2 aromatic rings. The number of hydrogen-bond donors (Lipinski definition) is 0. The lowest BCUT2D eigenvalue weighted by molar-refractivity contribution is -0.150. The molecule has 1 aromatic carbocycles. The molecule has 1 aliphatic heterocycles. The van der Waals surface area contributed by atoms with Gasteiger partial charge in [0, 0.05) is 31.8 Å². The maximum Gasteiger partial charge on any atom is 0.271 e. The molecular weight excluding hydrogens is 350 g/mol. The van der Waals surface area contributed by atoms with Crippen molar-refractivity contribution >= 4 is 29.5 Å². The van der Waals surface area contributed by atoms with Gasteiger partial charge < -0.3 is 9.80 Å². The van der Waals surface area contributed by atoms with Crippen molar-refractivity contribution in [3.63, 3.8) is 0 Å². The zero-order valence-electron chi connectivity index (χ0n) is 14.5. The summed E-state index contributed by atoms with van der Waals surface area (Å²) in [6.07, 6.45) is 3.85. The van der Waals surface area contributed by atoms with E-state index in [1.54, 1.807) is 43.4 Å². The number of piperazine rings is 1. The number of likely N-dealkylation sites (N-methyl/N-ethyl adjacent to an activating group) is 2. The molecule has 2 unspecified atom stereocenters. The van der Waals surface area contributed by atoms with Crippen LogP contribution in [0.25, 0.3) is 6.08 Å². The van der Waals surface area contributed by atoms with Gasteiger partial charge in [-0.1, -0.05) is 48.0 Å². The van der Waals surface area contributed by atoms with Gasteiger partial charge in [0.1, 0.15) is 16.4 Å². The summed E-state index contributed by atoms with van der Waals surface area (Å²) in [5, 5.41) is 0.296. The van der Waals surface area contributed by atoms with E-state index >= 15 is 0 Å². The van der Waals surface area contributed by atoms with Crippen LogP contribution >= 0.6 is 11.6 Å². The molecule has 2 heterocycles. The third-order valence-electron chi connectivity index (χ3n) is 5.37. The molecule has 0 radical (unpaired) electrons. The first-order chi connectivity index (χ1) is 12.5. The number of aromatic nitrogens is 1. The molecule has 0 bridgehead atoms. The second kappa shape index (κ2) is 5.95. The lowest BCUT2D eigenvalue weighted by Gasteiger charge is -2.39. The Balaban J connectivity index is 1.71. The van der Waals surface area contributed by atoms with Crippen LogP contribution < -0.4 is 0 Å². The minimum atomic E-state index is -0.788.